The van der Waals surface area contributed by atoms with Gasteiger partial charge in [-0.3, -0.25) is 4.79 Å². The first-order chi connectivity index (χ1) is 21.3. The SMILES string of the molecule is CC/C=C\C(=C/N(c1ccccc1C(N)=O)[Si](O[C@@H]1C[C@H](C)CC[C@H]1C(C)C)(c1ccccc1)c1ccccc1)CCCC. The predicted octanol–water partition coefficient (Wildman–Crippen LogP) is 8.37. The van der Waals surface area contributed by atoms with Crippen molar-refractivity contribution in [1.29, 1.82) is 0 Å². The molecule has 1 amide bonds. The van der Waals surface area contributed by atoms with Gasteiger partial charge in [0, 0.05) is 11.9 Å². The number of anilines is 1. The Hall–Kier alpha value is -3.41. The monoisotopic (exact) mass is 608 g/mol. The van der Waals surface area contributed by atoms with Gasteiger partial charge in [-0.1, -0.05) is 132 Å². The zero-order valence-electron chi connectivity index (χ0n) is 27.4. The maximum atomic E-state index is 13.1. The van der Waals surface area contributed by atoms with Gasteiger partial charge in [0.05, 0.1) is 11.7 Å². The minimum absolute atomic E-state index is 0.0766. The van der Waals surface area contributed by atoms with E-state index < -0.39 is 14.4 Å². The van der Waals surface area contributed by atoms with Crippen LogP contribution in [0.5, 0.6) is 0 Å². The number of nitrogens with zero attached hydrogens (tertiary/aromatic N) is 1. The lowest BCUT2D eigenvalue weighted by Gasteiger charge is -2.48. The van der Waals surface area contributed by atoms with E-state index in [1.54, 1.807) is 0 Å². The molecule has 2 N–H and O–H groups in total. The predicted molar refractivity (Wildman–Crippen MR) is 189 cm³/mol. The molecular formula is C39H52N2O2Si. The van der Waals surface area contributed by atoms with Crippen LogP contribution in [0.25, 0.3) is 0 Å². The van der Waals surface area contributed by atoms with Crippen molar-refractivity contribution in [2.45, 2.75) is 85.7 Å². The van der Waals surface area contributed by atoms with E-state index in [0.29, 0.717) is 23.3 Å². The molecule has 0 saturated heterocycles. The molecule has 1 fully saturated rings. The van der Waals surface area contributed by atoms with Crippen LogP contribution in [-0.4, -0.2) is 20.5 Å². The Balaban J connectivity index is 2.12. The minimum Gasteiger partial charge on any atom is -0.389 e. The Kier molecular flexibility index (Phi) is 12.2. The second kappa shape index (κ2) is 16.1. The Bertz CT molecular complexity index is 1350. The van der Waals surface area contributed by atoms with Gasteiger partial charge in [0.15, 0.2) is 0 Å². The summed E-state index contributed by atoms with van der Waals surface area (Å²) in [6.07, 6.45) is 14.3. The van der Waals surface area contributed by atoms with Crippen LogP contribution in [0.2, 0.25) is 0 Å². The molecule has 234 valence electrons. The number of hydrogen-bond donors (Lipinski definition) is 1. The van der Waals surface area contributed by atoms with E-state index in [1.807, 2.05) is 24.3 Å². The molecule has 3 aromatic rings. The number of benzene rings is 3. The van der Waals surface area contributed by atoms with E-state index in [0.717, 1.165) is 54.6 Å². The van der Waals surface area contributed by atoms with Crippen molar-refractivity contribution < 1.29 is 9.22 Å². The molecule has 1 saturated carbocycles. The maximum absolute atomic E-state index is 13.1. The fourth-order valence-corrected chi connectivity index (χ4v) is 10.8. The average molecular weight is 609 g/mol. The Morgan fingerprint density at radius 1 is 0.955 bits per heavy atom. The topological polar surface area (TPSA) is 55.6 Å². The summed E-state index contributed by atoms with van der Waals surface area (Å²) in [7, 11) is -3.33. The van der Waals surface area contributed by atoms with Gasteiger partial charge < -0.3 is 14.7 Å². The molecule has 3 atom stereocenters. The van der Waals surface area contributed by atoms with Gasteiger partial charge in [-0.15, -0.1) is 0 Å². The van der Waals surface area contributed by atoms with Crippen LogP contribution >= 0.6 is 0 Å². The number of nitrogens with two attached hydrogens (primary N) is 1. The number of para-hydroxylation sites is 1. The van der Waals surface area contributed by atoms with Crippen molar-refractivity contribution in [2.24, 2.45) is 23.5 Å². The summed E-state index contributed by atoms with van der Waals surface area (Å²) in [5.41, 5.74) is 8.62. The largest absolute Gasteiger partial charge is 0.389 e. The summed E-state index contributed by atoms with van der Waals surface area (Å²) in [6, 6.07) is 29.3. The van der Waals surface area contributed by atoms with Crippen molar-refractivity contribution in [1.82, 2.24) is 0 Å². The van der Waals surface area contributed by atoms with Crippen molar-refractivity contribution in [2.75, 3.05) is 4.57 Å². The quantitative estimate of drug-likeness (QED) is 0.148. The molecular weight excluding hydrogens is 557 g/mol. The first kappa shape index (κ1) is 33.5. The van der Waals surface area contributed by atoms with Gasteiger partial charge in [0.25, 0.3) is 5.91 Å². The van der Waals surface area contributed by atoms with Crippen LogP contribution in [-0.2, 0) is 4.43 Å². The van der Waals surface area contributed by atoms with Crippen molar-refractivity contribution in [3.05, 3.63) is 114 Å². The molecule has 0 bridgehead atoms. The van der Waals surface area contributed by atoms with Crippen LogP contribution in [0, 0.1) is 17.8 Å². The van der Waals surface area contributed by atoms with E-state index >= 15 is 0 Å². The molecule has 0 aliphatic heterocycles. The molecule has 0 unspecified atom stereocenters. The molecule has 1 aliphatic carbocycles. The number of carbonyl (C=O) groups is 1. The first-order valence-electron chi connectivity index (χ1n) is 16.7. The summed E-state index contributed by atoms with van der Waals surface area (Å²) < 4.78 is 10.3. The van der Waals surface area contributed by atoms with Crippen LogP contribution < -0.4 is 20.7 Å². The summed E-state index contributed by atoms with van der Waals surface area (Å²) in [5, 5.41) is 2.30. The van der Waals surface area contributed by atoms with Crippen LogP contribution in [0.1, 0.15) is 89.9 Å². The van der Waals surface area contributed by atoms with E-state index in [9.17, 15) is 4.79 Å². The van der Waals surface area contributed by atoms with E-state index in [2.05, 4.69) is 118 Å². The van der Waals surface area contributed by atoms with E-state index in [-0.39, 0.29) is 6.10 Å². The van der Waals surface area contributed by atoms with Crippen molar-refractivity contribution >= 4 is 30.4 Å². The Morgan fingerprint density at radius 3 is 2.14 bits per heavy atom. The lowest BCUT2D eigenvalue weighted by molar-refractivity contribution is 0.0420. The van der Waals surface area contributed by atoms with Crippen molar-refractivity contribution in [3.8, 4) is 0 Å². The molecule has 4 nitrogen and oxygen atoms in total. The Labute approximate surface area is 267 Å². The van der Waals surface area contributed by atoms with Gasteiger partial charge in [0.2, 0.25) is 0 Å². The molecule has 4 rings (SSSR count). The van der Waals surface area contributed by atoms with Gasteiger partial charge in [0.1, 0.15) is 0 Å². The third-order valence-electron chi connectivity index (χ3n) is 9.06. The van der Waals surface area contributed by atoms with Gasteiger partial charge in [-0.25, -0.2) is 0 Å². The lowest BCUT2D eigenvalue weighted by atomic mass is 9.75. The number of primary amides is 1. The number of rotatable bonds is 14. The standard InChI is InChI=1S/C39H52N2O2Si/c1-6-8-18-32(19-9-7-2)29-41(37-25-17-16-24-36(37)39(40)42)44(33-20-12-10-13-21-33,34-22-14-11-15-23-34)43-38-28-31(5)26-27-35(38)30(3)4/h8,10-18,20-25,29-31,35,38H,6-7,9,19,26-28H2,1-5H3,(H2,40,42)/b18-8-,32-29+/t31-,35+,38-/m1/s1. The van der Waals surface area contributed by atoms with Gasteiger partial charge >= 0.3 is 8.48 Å². The average Bonchev–Trinajstić information content (AvgIpc) is 3.04. The zero-order valence-corrected chi connectivity index (χ0v) is 28.4. The fraction of sp³-hybridized carbons (Fsp3) is 0.410. The number of hydrogen-bond acceptors (Lipinski definition) is 3. The van der Waals surface area contributed by atoms with E-state index in [1.165, 1.54) is 12.0 Å². The molecule has 0 heterocycles. The second-order valence-electron chi connectivity index (χ2n) is 12.7. The molecule has 5 heteroatoms. The lowest BCUT2D eigenvalue weighted by Crippen LogP contribution is -2.73. The number of unbranched alkanes of at least 4 members (excludes halogenated alkanes) is 1. The summed E-state index contributed by atoms with van der Waals surface area (Å²) in [5.74, 6) is 1.10. The highest BCUT2D eigenvalue weighted by atomic mass is 28.4. The van der Waals surface area contributed by atoms with Gasteiger partial charge in [-0.2, -0.15) is 0 Å². The zero-order chi connectivity index (χ0) is 31.5. The molecule has 1 aliphatic rings. The van der Waals surface area contributed by atoms with E-state index in [4.69, 9.17) is 10.2 Å². The normalized spacial score (nSPS) is 19.4. The smallest absolute Gasteiger partial charge is 0.373 e. The summed E-state index contributed by atoms with van der Waals surface area (Å²) >= 11 is 0. The second-order valence-corrected chi connectivity index (χ2v) is 15.9. The highest BCUT2D eigenvalue weighted by Gasteiger charge is 2.51. The maximum Gasteiger partial charge on any atom is 0.373 e. The fourth-order valence-electron chi connectivity index (χ4n) is 6.66. The Morgan fingerprint density at radius 2 is 1.57 bits per heavy atom. The third-order valence-corrected chi connectivity index (χ3v) is 13.0. The highest BCUT2D eigenvalue weighted by Crippen LogP contribution is 2.39. The minimum atomic E-state index is -3.33. The van der Waals surface area contributed by atoms with Crippen LogP contribution in [0.3, 0.4) is 0 Å². The summed E-state index contributed by atoms with van der Waals surface area (Å²) in [4.78, 5) is 13.1. The molecule has 0 spiro atoms. The van der Waals surface area contributed by atoms with Gasteiger partial charge in [-0.05, 0) is 77.9 Å². The highest BCUT2D eigenvalue weighted by molar-refractivity contribution is 7.00. The molecule has 0 radical (unpaired) electrons. The molecule has 3 aromatic carbocycles. The number of allylic oxidation sites excluding steroid dienone is 3. The molecule has 0 aromatic heterocycles. The van der Waals surface area contributed by atoms with Crippen molar-refractivity contribution in [3.63, 3.8) is 0 Å². The van der Waals surface area contributed by atoms with Crippen LogP contribution in [0.15, 0.2) is 109 Å². The first-order valence-corrected chi connectivity index (χ1v) is 18.5. The summed E-state index contributed by atoms with van der Waals surface area (Å²) in [6.45, 7) is 11.4. The molecule has 44 heavy (non-hydrogen) atoms. The third kappa shape index (κ3) is 7.80. The number of carbonyl (C=O) groups excluding carboxylic acids is 1. The number of amides is 1. The van der Waals surface area contributed by atoms with Crippen LogP contribution in [0.4, 0.5) is 5.69 Å².